The van der Waals surface area contributed by atoms with Crippen LogP contribution in [0.5, 0.6) is 0 Å². The summed E-state index contributed by atoms with van der Waals surface area (Å²) >= 11 is 0. The van der Waals surface area contributed by atoms with Crippen LogP contribution in [-0.2, 0) is 13.1 Å². The summed E-state index contributed by atoms with van der Waals surface area (Å²) in [5.74, 6) is -0.106. The molecule has 0 spiro atoms. The molecule has 4 heteroatoms. The largest absolute Gasteiger partial charge is 0.326 e. The fraction of sp³-hybridized carbons (Fsp3) is 0.647. The summed E-state index contributed by atoms with van der Waals surface area (Å²) in [4.78, 5) is 5.06. The van der Waals surface area contributed by atoms with Crippen molar-refractivity contribution in [2.45, 2.75) is 51.4 Å². The van der Waals surface area contributed by atoms with Gasteiger partial charge in [-0.1, -0.05) is 18.6 Å². The Hall–Kier alpha value is -0.970. The summed E-state index contributed by atoms with van der Waals surface area (Å²) in [5, 5.41) is 0. The number of piperazine rings is 1. The second-order valence-electron chi connectivity index (χ2n) is 6.55. The molecule has 1 aromatic carbocycles. The lowest BCUT2D eigenvalue weighted by Gasteiger charge is -2.47. The van der Waals surface area contributed by atoms with Crippen molar-refractivity contribution >= 4 is 0 Å². The molecule has 2 N–H and O–H groups in total. The normalized spacial score (nSPS) is 27.6. The number of nitrogens with two attached hydrogens (primary N) is 1. The highest BCUT2D eigenvalue weighted by Crippen LogP contribution is 2.25. The minimum Gasteiger partial charge on any atom is -0.326 e. The third kappa shape index (κ3) is 3.28. The number of halogens is 1. The fourth-order valence-corrected chi connectivity index (χ4v) is 3.73. The van der Waals surface area contributed by atoms with Crippen LogP contribution < -0.4 is 5.73 Å². The lowest BCUT2D eigenvalue weighted by atomic mass is 9.96. The van der Waals surface area contributed by atoms with Gasteiger partial charge in [0.2, 0.25) is 0 Å². The van der Waals surface area contributed by atoms with Crippen LogP contribution >= 0.6 is 0 Å². The van der Waals surface area contributed by atoms with Crippen molar-refractivity contribution in [1.82, 2.24) is 9.80 Å². The molecule has 2 unspecified atom stereocenters. The van der Waals surface area contributed by atoms with Crippen molar-refractivity contribution in [3.8, 4) is 0 Å². The molecule has 2 heterocycles. The Morgan fingerprint density at radius 1 is 1.29 bits per heavy atom. The van der Waals surface area contributed by atoms with Gasteiger partial charge in [-0.05, 0) is 37.9 Å². The summed E-state index contributed by atoms with van der Waals surface area (Å²) in [6, 6.07) is 6.41. The van der Waals surface area contributed by atoms with E-state index in [0.29, 0.717) is 25.2 Å². The maximum Gasteiger partial charge on any atom is 0.127 e. The van der Waals surface area contributed by atoms with E-state index in [1.165, 1.54) is 25.8 Å². The second-order valence-corrected chi connectivity index (χ2v) is 6.55. The Balaban J connectivity index is 1.72. The standard InChI is InChI=1S/C17H26FN3/c1-13-10-20-7-3-2-4-16(20)12-21(13)11-15-8-14(9-19)5-6-17(15)18/h5-6,8,13,16H,2-4,7,9-12,19H2,1H3. The maximum absolute atomic E-state index is 14.0. The highest BCUT2D eigenvalue weighted by Gasteiger charge is 2.33. The van der Waals surface area contributed by atoms with Gasteiger partial charge >= 0.3 is 0 Å². The van der Waals surface area contributed by atoms with Crippen molar-refractivity contribution in [3.05, 3.63) is 35.1 Å². The van der Waals surface area contributed by atoms with E-state index in [4.69, 9.17) is 5.73 Å². The third-order valence-corrected chi connectivity index (χ3v) is 5.04. The summed E-state index contributed by atoms with van der Waals surface area (Å²) < 4.78 is 14.0. The van der Waals surface area contributed by atoms with E-state index < -0.39 is 0 Å². The molecule has 21 heavy (non-hydrogen) atoms. The number of rotatable bonds is 3. The van der Waals surface area contributed by atoms with E-state index in [1.54, 1.807) is 12.1 Å². The van der Waals surface area contributed by atoms with Crippen LogP contribution in [-0.4, -0.2) is 41.5 Å². The van der Waals surface area contributed by atoms with Crippen molar-refractivity contribution in [1.29, 1.82) is 0 Å². The number of hydrogen-bond donors (Lipinski definition) is 1. The second kappa shape index (κ2) is 6.42. The Bertz CT molecular complexity index is 491. The van der Waals surface area contributed by atoms with Crippen LogP contribution in [0.2, 0.25) is 0 Å². The minimum absolute atomic E-state index is 0.106. The Morgan fingerprint density at radius 2 is 2.14 bits per heavy atom. The molecule has 0 bridgehead atoms. The first-order chi connectivity index (χ1) is 10.2. The van der Waals surface area contributed by atoms with Crippen LogP contribution in [0.4, 0.5) is 4.39 Å². The molecule has 2 atom stereocenters. The van der Waals surface area contributed by atoms with Gasteiger partial charge in [0.1, 0.15) is 5.82 Å². The molecular formula is C17H26FN3. The average Bonchev–Trinajstić information content (AvgIpc) is 2.50. The first-order valence-corrected chi connectivity index (χ1v) is 8.13. The molecule has 0 amide bonds. The van der Waals surface area contributed by atoms with Crippen LogP contribution in [0.25, 0.3) is 0 Å². The minimum atomic E-state index is -0.106. The van der Waals surface area contributed by atoms with Crippen LogP contribution in [0.1, 0.15) is 37.3 Å². The average molecular weight is 291 g/mol. The molecule has 1 aromatic rings. The number of piperidine rings is 1. The number of nitrogens with zero attached hydrogens (tertiary/aromatic N) is 2. The molecule has 3 nitrogen and oxygen atoms in total. The highest BCUT2D eigenvalue weighted by molar-refractivity contribution is 5.25. The molecule has 0 aromatic heterocycles. The van der Waals surface area contributed by atoms with Gasteiger partial charge in [-0.2, -0.15) is 0 Å². The first-order valence-electron chi connectivity index (χ1n) is 8.13. The van der Waals surface area contributed by atoms with Crippen LogP contribution in [0, 0.1) is 5.82 Å². The lowest BCUT2D eigenvalue weighted by Crippen LogP contribution is -2.58. The molecule has 0 saturated carbocycles. The molecule has 2 saturated heterocycles. The summed E-state index contributed by atoms with van der Waals surface area (Å²) in [6.07, 6.45) is 3.95. The van der Waals surface area contributed by atoms with Crippen molar-refractivity contribution in [3.63, 3.8) is 0 Å². The van der Waals surface area contributed by atoms with E-state index >= 15 is 0 Å². The summed E-state index contributed by atoms with van der Waals surface area (Å²) in [7, 11) is 0. The molecular weight excluding hydrogens is 265 g/mol. The molecule has 3 rings (SSSR count). The first kappa shape index (κ1) is 14.9. The summed E-state index contributed by atoms with van der Waals surface area (Å²) in [6.45, 7) is 6.84. The van der Waals surface area contributed by atoms with E-state index in [9.17, 15) is 4.39 Å². The van der Waals surface area contributed by atoms with Gasteiger partial charge in [-0.15, -0.1) is 0 Å². The Morgan fingerprint density at radius 3 is 2.95 bits per heavy atom. The monoisotopic (exact) mass is 291 g/mol. The molecule has 2 aliphatic rings. The van der Waals surface area contributed by atoms with Crippen molar-refractivity contribution in [2.24, 2.45) is 5.73 Å². The molecule has 116 valence electrons. The maximum atomic E-state index is 14.0. The van der Waals surface area contributed by atoms with Gasteiger partial charge in [0.25, 0.3) is 0 Å². The van der Waals surface area contributed by atoms with Crippen molar-refractivity contribution < 1.29 is 4.39 Å². The molecule has 2 fully saturated rings. The smallest absolute Gasteiger partial charge is 0.127 e. The van der Waals surface area contributed by atoms with E-state index in [0.717, 1.165) is 24.2 Å². The summed E-state index contributed by atoms with van der Waals surface area (Å²) in [5.41, 5.74) is 7.47. The predicted octanol–water partition coefficient (Wildman–Crippen LogP) is 2.34. The quantitative estimate of drug-likeness (QED) is 0.928. The third-order valence-electron chi connectivity index (χ3n) is 5.04. The number of fused-ring (bicyclic) bond motifs is 1. The van der Waals surface area contributed by atoms with E-state index in [-0.39, 0.29) is 5.82 Å². The lowest BCUT2D eigenvalue weighted by molar-refractivity contribution is 0.0106. The SMILES string of the molecule is CC1CN2CCCCC2CN1Cc1cc(CN)ccc1F. The van der Waals surface area contributed by atoms with Gasteiger partial charge in [-0.25, -0.2) is 4.39 Å². The zero-order chi connectivity index (χ0) is 14.8. The topological polar surface area (TPSA) is 32.5 Å². The molecule has 0 aliphatic carbocycles. The highest BCUT2D eigenvalue weighted by atomic mass is 19.1. The zero-order valence-corrected chi connectivity index (χ0v) is 12.9. The van der Waals surface area contributed by atoms with Crippen LogP contribution in [0.15, 0.2) is 18.2 Å². The molecule has 2 aliphatic heterocycles. The van der Waals surface area contributed by atoms with Crippen molar-refractivity contribution in [2.75, 3.05) is 19.6 Å². The van der Waals surface area contributed by atoms with Gasteiger partial charge in [0.15, 0.2) is 0 Å². The van der Waals surface area contributed by atoms with Crippen LogP contribution in [0.3, 0.4) is 0 Å². The molecule has 0 radical (unpaired) electrons. The van der Waals surface area contributed by atoms with Gasteiger partial charge in [0.05, 0.1) is 0 Å². The number of benzene rings is 1. The Kier molecular flexibility index (Phi) is 4.57. The zero-order valence-electron chi connectivity index (χ0n) is 12.9. The van der Waals surface area contributed by atoms with E-state index in [1.807, 2.05) is 6.07 Å². The fourth-order valence-electron chi connectivity index (χ4n) is 3.73. The van der Waals surface area contributed by atoms with Gasteiger partial charge in [-0.3, -0.25) is 9.80 Å². The predicted molar refractivity (Wildman–Crippen MR) is 83.4 cm³/mol. The number of hydrogen-bond acceptors (Lipinski definition) is 3. The van der Waals surface area contributed by atoms with Gasteiger partial charge in [0, 0.05) is 43.8 Å². The van der Waals surface area contributed by atoms with Gasteiger partial charge < -0.3 is 5.73 Å². The Labute approximate surface area is 126 Å². The van der Waals surface area contributed by atoms with E-state index in [2.05, 4.69) is 16.7 Å².